The number of nitrogens with one attached hydrogen (secondary N) is 2. The van der Waals surface area contributed by atoms with Gasteiger partial charge < -0.3 is 15.4 Å². The fourth-order valence-electron chi connectivity index (χ4n) is 5.76. The van der Waals surface area contributed by atoms with Gasteiger partial charge in [-0.25, -0.2) is 0 Å². The molecule has 6 heteroatoms. The monoisotopic (exact) mass is 391 g/mol. The molecule has 3 heterocycles. The van der Waals surface area contributed by atoms with E-state index in [4.69, 9.17) is 9.73 Å². The number of rotatable bonds is 6. The predicted octanol–water partition coefficient (Wildman–Crippen LogP) is 2.20. The number of guanidine groups is 1. The summed E-state index contributed by atoms with van der Waals surface area (Å²) in [6, 6.07) is 1.38. The number of likely N-dealkylation sites (tertiary alicyclic amines) is 2. The highest BCUT2D eigenvalue weighted by molar-refractivity contribution is 5.80. The second kappa shape index (κ2) is 9.77. The molecule has 4 rings (SSSR count). The van der Waals surface area contributed by atoms with Crippen molar-refractivity contribution in [2.24, 2.45) is 4.99 Å². The first-order chi connectivity index (χ1) is 13.8. The molecule has 0 aromatic heterocycles. The number of hydrogen-bond acceptors (Lipinski definition) is 4. The fourth-order valence-corrected chi connectivity index (χ4v) is 5.76. The van der Waals surface area contributed by atoms with Crippen molar-refractivity contribution in [3.8, 4) is 0 Å². The van der Waals surface area contributed by atoms with Gasteiger partial charge in [-0.2, -0.15) is 0 Å². The van der Waals surface area contributed by atoms with E-state index in [-0.39, 0.29) is 5.54 Å². The normalized spacial score (nSPS) is 30.2. The largest absolute Gasteiger partial charge is 0.381 e. The maximum atomic E-state index is 5.69. The van der Waals surface area contributed by atoms with E-state index in [1.54, 1.807) is 0 Å². The van der Waals surface area contributed by atoms with Crippen LogP contribution in [-0.4, -0.2) is 85.9 Å². The zero-order valence-electron chi connectivity index (χ0n) is 17.9. The van der Waals surface area contributed by atoms with Crippen molar-refractivity contribution in [3.63, 3.8) is 0 Å². The van der Waals surface area contributed by atoms with E-state index in [9.17, 15) is 0 Å². The summed E-state index contributed by atoms with van der Waals surface area (Å²) in [5.41, 5.74) is 0.211. The third-order valence-electron chi connectivity index (χ3n) is 7.48. The van der Waals surface area contributed by atoms with E-state index in [2.05, 4.69) is 27.4 Å². The Bertz CT molecular complexity index is 507. The highest BCUT2D eigenvalue weighted by atomic mass is 16.5. The van der Waals surface area contributed by atoms with E-state index >= 15 is 0 Å². The standard InChI is InChI=1S/C22H41N5O/c1-2-23-21(25-19-9-14-26(17-19)20-7-3-4-8-20)24-18-22(10-15-28-16-11-22)27-12-5-6-13-27/h19-20H,2-18H2,1H3,(H2,23,24,25). The van der Waals surface area contributed by atoms with Crippen molar-refractivity contribution in [3.05, 3.63) is 0 Å². The molecule has 1 aliphatic carbocycles. The summed E-state index contributed by atoms with van der Waals surface area (Å²) in [4.78, 5) is 10.5. The second-order valence-corrected chi connectivity index (χ2v) is 9.29. The first kappa shape index (κ1) is 20.4. The summed E-state index contributed by atoms with van der Waals surface area (Å²) in [5.74, 6) is 1.02. The molecule has 28 heavy (non-hydrogen) atoms. The van der Waals surface area contributed by atoms with Crippen molar-refractivity contribution >= 4 is 5.96 Å². The average molecular weight is 392 g/mol. The van der Waals surface area contributed by atoms with Gasteiger partial charge in [-0.05, 0) is 65.0 Å². The lowest BCUT2D eigenvalue weighted by molar-refractivity contribution is -0.0139. The zero-order valence-corrected chi connectivity index (χ0v) is 17.9. The van der Waals surface area contributed by atoms with Gasteiger partial charge in [0.2, 0.25) is 0 Å². The lowest BCUT2D eigenvalue weighted by Gasteiger charge is -2.43. The molecule has 3 saturated heterocycles. The Balaban J connectivity index is 1.36. The van der Waals surface area contributed by atoms with Crippen LogP contribution in [0.5, 0.6) is 0 Å². The Morgan fingerprint density at radius 1 is 1.04 bits per heavy atom. The first-order valence-corrected chi connectivity index (χ1v) is 11.9. The van der Waals surface area contributed by atoms with Gasteiger partial charge in [-0.1, -0.05) is 12.8 Å². The molecule has 2 N–H and O–H groups in total. The van der Waals surface area contributed by atoms with Crippen LogP contribution in [0.2, 0.25) is 0 Å². The topological polar surface area (TPSA) is 52.1 Å². The van der Waals surface area contributed by atoms with Crippen molar-refractivity contribution < 1.29 is 4.74 Å². The molecule has 0 aromatic rings. The Kier molecular flexibility index (Phi) is 7.13. The van der Waals surface area contributed by atoms with Crippen molar-refractivity contribution in [1.29, 1.82) is 0 Å². The van der Waals surface area contributed by atoms with Crippen LogP contribution in [0, 0.1) is 0 Å². The summed E-state index contributed by atoms with van der Waals surface area (Å²) in [6.45, 7) is 10.6. The van der Waals surface area contributed by atoms with Gasteiger partial charge in [0.05, 0.1) is 6.54 Å². The van der Waals surface area contributed by atoms with Crippen LogP contribution in [0.4, 0.5) is 0 Å². The highest BCUT2D eigenvalue weighted by Gasteiger charge is 2.39. The van der Waals surface area contributed by atoms with Crippen LogP contribution < -0.4 is 10.6 Å². The predicted molar refractivity (Wildman–Crippen MR) is 115 cm³/mol. The zero-order chi connectivity index (χ0) is 19.2. The molecule has 1 saturated carbocycles. The molecule has 4 aliphatic rings. The molecule has 1 atom stereocenters. The van der Waals surface area contributed by atoms with Gasteiger partial charge in [0.25, 0.3) is 0 Å². The maximum absolute atomic E-state index is 5.69. The Hall–Kier alpha value is -0.850. The lowest BCUT2D eigenvalue weighted by Crippen LogP contribution is -2.54. The molecule has 160 valence electrons. The van der Waals surface area contributed by atoms with E-state index in [1.165, 1.54) is 71.1 Å². The number of hydrogen-bond donors (Lipinski definition) is 2. The number of ether oxygens (including phenoxy) is 1. The summed E-state index contributed by atoms with van der Waals surface area (Å²) < 4.78 is 5.69. The summed E-state index contributed by atoms with van der Waals surface area (Å²) >= 11 is 0. The third kappa shape index (κ3) is 4.82. The van der Waals surface area contributed by atoms with Gasteiger partial charge in [0.1, 0.15) is 0 Å². The van der Waals surface area contributed by atoms with Crippen LogP contribution in [0.3, 0.4) is 0 Å². The molecule has 3 aliphatic heterocycles. The summed E-state index contributed by atoms with van der Waals surface area (Å²) in [6.07, 6.45) is 11.8. The summed E-state index contributed by atoms with van der Waals surface area (Å²) in [5, 5.41) is 7.28. The van der Waals surface area contributed by atoms with Crippen LogP contribution >= 0.6 is 0 Å². The molecule has 0 radical (unpaired) electrons. The molecular weight excluding hydrogens is 350 g/mol. The van der Waals surface area contributed by atoms with Crippen LogP contribution in [0.25, 0.3) is 0 Å². The van der Waals surface area contributed by atoms with Crippen LogP contribution in [-0.2, 0) is 4.74 Å². The number of aliphatic imine (C=N–C) groups is 1. The minimum absolute atomic E-state index is 0.211. The average Bonchev–Trinajstić information content (AvgIpc) is 3.49. The smallest absolute Gasteiger partial charge is 0.191 e. The van der Waals surface area contributed by atoms with E-state index < -0.39 is 0 Å². The van der Waals surface area contributed by atoms with Gasteiger partial charge in [0, 0.05) is 50.5 Å². The van der Waals surface area contributed by atoms with Gasteiger partial charge in [0.15, 0.2) is 5.96 Å². The fraction of sp³-hybridized carbons (Fsp3) is 0.955. The molecule has 0 bridgehead atoms. The van der Waals surface area contributed by atoms with Crippen LogP contribution in [0.1, 0.15) is 64.7 Å². The second-order valence-electron chi connectivity index (χ2n) is 9.29. The first-order valence-electron chi connectivity index (χ1n) is 11.9. The quantitative estimate of drug-likeness (QED) is 0.537. The molecular formula is C22H41N5O. The highest BCUT2D eigenvalue weighted by Crippen LogP contribution is 2.32. The van der Waals surface area contributed by atoms with Gasteiger partial charge in [-0.15, -0.1) is 0 Å². The van der Waals surface area contributed by atoms with Crippen molar-refractivity contribution in [2.45, 2.75) is 82.3 Å². The SMILES string of the molecule is CCNC(=NCC1(N2CCCC2)CCOCC1)NC1CCN(C2CCCC2)C1. The number of nitrogens with zero attached hydrogens (tertiary/aromatic N) is 3. The van der Waals surface area contributed by atoms with Gasteiger partial charge >= 0.3 is 0 Å². The van der Waals surface area contributed by atoms with Crippen LogP contribution in [0.15, 0.2) is 4.99 Å². The molecule has 0 aromatic carbocycles. The Morgan fingerprint density at radius 2 is 1.79 bits per heavy atom. The Morgan fingerprint density at radius 3 is 2.50 bits per heavy atom. The Labute approximate surface area is 171 Å². The molecule has 1 unspecified atom stereocenters. The minimum atomic E-state index is 0.211. The molecule has 0 amide bonds. The van der Waals surface area contributed by atoms with E-state index in [0.29, 0.717) is 6.04 Å². The molecule has 6 nitrogen and oxygen atoms in total. The molecule has 4 fully saturated rings. The minimum Gasteiger partial charge on any atom is -0.381 e. The third-order valence-corrected chi connectivity index (χ3v) is 7.48. The molecule has 0 spiro atoms. The lowest BCUT2D eigenvalue weighted by atomic mass is 9.88. The summed E-state index contributed by atoms with van der Waals surface area (Å²) in [7, 11) is 0. The van der Waals surface area contributed by atoms with E-state index in [0.717, 1.165) is 51.1 Å². The maximum Gasteiger partial charge on any atom is 0.191 e. The van der Waals surface area contributed by atoms with Crippen molar-refractivity contribution in [1.82, 2.24) is 20.4 Å². The van der Waals surface area contributed by atoms with Gasteiger partial charge in [-0.3, -0.25) is 14.8 Å². The van der Waals surface area contributed by atoms with Crippen molar-refractivity contribution in [2.75, 3.05) is 52.5 Å². The van der Waals surface area contributed by atoms with E-state index in [1.807, 2.05) is 0 Å².